The third kappa shape index (κ3) is 2.60. The smallest absolute Gasteiger partial charge is 0.323 e. The van der Waals surface area contributed by atoms with Crippen LogP contribution in [0.3, 0.4) is 0 Å². The summed E-state index contributed by atoms with van der Waals surface area (Å²) in [6.45, 7) is 0. The third-order valence-electron chi connectivity index (χ3n) is 4.24. The van der Waals surface area contributed by atoms with Crippen LogP contribution in [-0.4, -0.2) is 29.5 Å². The molecule has 0 spiro atoms. The van der Waals surface area contributed by atoms with Gasteiger partial charge in [-0.15, -0.1) is 0 Å². The predicted octanol–water partition coefficient (Wildman–Crippen LogP) is 2.80. The van der Waals surface area contributed by atoms with Gasteiger partial charge in [-0.05, 0) is 36.4 Å². The molecule has 8 nitrogen and oxygen atoms in total. The average molecular weight is 355 g/mol. The summed E-state index contributed by atoms with van der Waals surface area (Å²) >= 11 is 0. The van der Waals surface area contributed by atoms with Crippen LogP contribution in [0.2, 0.25) is 0 Å². The van der Waals surface area contributed by atoms with Gasteiger partial charge in [0.1, 0.15) is 6.33 Å². The van der Waals surface area contributed by atoms with E-state index in [-0.39, 0.29) is 11.6 Å². The van der Waals surface area contributed by atoms with Crippen LogP contribution in [0.15, 0.2) is 71.9 Å². The molecule has 3 heterocycles. The molecule has 2 aromatic carbocycles. The molecule has 0 saturated carbocycles. The fourth-order valence-electron chi connectivity index (χ4n) is 3.04. The molecule has 5 aromatic rings. The maximum Gasteiger partial charge on any atom is 0.333 e. The second kappa shape index (κ2) is 6.03. The van der Waals surface area contributed by atoms with Crippen molar-refractivity contribution >= 4 is 33.6 Å². The van der Waals surface area contributed by atoms with Gasteiger partial charge in [-0.3, -0.25) is 4.98 Å². The molecule has 27 heavy (non-hydrogen) atoms. The highest BCUT2D eigenvalue weighted by molar-refractivity contribution is 5.92. The second-order valence-electron chi connectivity index (χ2n) is 5.89. The van der Waals surface area contributed by atoms with Crippen LogP contribution in [0.5, 0.6) is 0 Å². The molecule has 0 aliphatic heterocycles. The van der Waals surface area contributed by atoms with Crippen molar-refractivity contribution in [3.8, 4) is 5.95 Å². The van der Waals surface area contributed by atoms with Crippen molar-refractivity contribution in [1.82, 2.24) is 29.5 Å². The molecule has 0 aliphatic rings. The first-order chi connectivity index (χ1) is 13.3. The van der Waals surface area contributed by atoms with E-state index in [9.17, 15) is 4.79 Å². The number of rotatable bonds is 3. The highest BCUT2D eigenvalue weighted by Gasteiger charge is 2.12. The van der Waals surface area contributed by atoms with Crippen molar-refractivity contribution in [2.75, 3.05) is 5.32 Å². The lowest BCUT2D eigenvalue weighted by Crippen LogP contribution is -2.18. The molecule has 0 saturated heterocycles. The lowest BCUT2D eigenvalue weighted by molar-refractivity contribution is 0.887. The van der Waals surface area contributed by atoms with Gasteiger partial charge in [-0.25, -0.2) is 19.3 Å². The average Bonchev–Trinajstić information content (AvgIpc) is 3.04. The number of benzene rings is 2. The molecule has 2 N–H and O–H groups in total. The Labute approximate surface area is 152 Å². The molecule has 8 heteroatoms. The molecule has 0 atom stereocenters. The molecule has 5 rings (SSSR count). The van der Waals surface area contributed by atoms with E-state index < -0.39 is 0 Å². The number of pyridine rings is 1. The summed E-state index contributed by atoms with van der Waals surface area (Å²) in [6, 6.07) is 17.0. The van der Waals surface area contributed by atoms with Crippen molar-refractivity contribution in [2.24, 2.45) is 0 Å². The zero-order chi connectivity index (χ0) is 18.2. The molecule has 0 bridgehead atoms. The number of fused-ring (bicyclic) bond motifs is 2. The van der Waals surface area contributed by atoms with E-state index in [1.165, 1.54) is 10.9 Å². The van der Waals surface area contributed by atoms with E-state index in [1.807, 2.05) is 54.6 Å². The number of H-pyrrole nitrogens is 1. The number of nitrogens with zero attached hydrogens (tertiary/aromatic N) is 5. The second-order valence-corrected chi connectivity index (χ2v) is 5.89. The van der Waals surface area contributed by atoms with Gasteiger partial charge >= 0.3 is 5.69 Å². The number of anilines is 2. The Morgan fingerprint density at radius 2 is 1.85 bits per heavy atom. The first-order valence-electron chi connectivity index (χ1n) is 8.29. The van der Waals surface area contributed by atoms with Crippen molar-refractivity contribution in [3.05, 3.63) is 77.6 Å². The first kappa shape index (κ1) is 15.2. The number of hydrogen-bond acceptors (Lipinski definition) is 6. The summed E-state index contributed by atoms with van der Waals surface area (Å²) in [5, 5.41) is 4.14. The van der Waals surface area contributed by atoms with E-state index in [0.29, 0.717) is 11.5 Å². The fourth-order valence-corrected chi connectivity index (χ4v) is 3.04. The Kier molecular flexibility index (Phi) is 3.39. The minimum atomic E-state index is -0.303. The van der Waals surface area contributed by atoms with Gasteiger partial charge in [0.15, 0.2) is 0 Å². The van der Waals surface area contributed by atoms with E-state index >= 15 is 0 Å². The van der Waals surface area contributed by atoms with Crippen LogP contribution in [0.1, 0.15) is 0 Å². The van der Waals surface area contributed by atoms with Gasteiger partial charge in [0.05, 0.1) is 22.2 Å². The maximum absolute atomic E-state index is 12.4. The van der Waals surface area contributed by atoms with Crippen molar-refractivity contribution in [2.45, 2.75) is 0 Å². The van der Waals surface area contributed by atoms with Gasteiger partial charge in [0, 0.05) is 11.6 Å². The first-order valence-corrected chi connectivity index (χ1v) is 8.29. The Morgan fingerprint density at radius 1 is 0.926 bits per heavy atom. The number of aromatic amines is 1. The summed E-state index contributed by atoms with van der Waals surface area (Å²) in [6.07, 6.45) is 3.12. The van der Waals surface area contributed by atoms with Gasteiger partial charge in [-0.2, -0.15) is 4.98 Å². The Morgan fingerprint density at radius 3 is 2.81 bits per heavy atom. The number of hydrogen-bond donors (Lipinski definition) is 2. The summed E-state index contributed by atoms with van der Waals surface area (Å²) < 4.78 is 1.42. The topological polar surface area (TPSA) is 101 Å². The van der Waals surface area contributed by atoms with Crippen LogP contribution < -0.4 is 11.0 Å². The summed E-state index contributed by atoms with van der Waals surface area (Å²) in [5.41, 5.74) is 2.81. The van der Waals surface area contributed by atoms with E-state index in [1.54, 1.807) is 6.20 Å². The van der Waals surface area contributed by atoms with Crippen molar-refractivity contribution < 1.29 is 0 Å². The monoisotopic (exact) mass is 355 g/mol. The Hall–Kier alpha value is -4.07. The molecular weight excluding hydrogens is 342 g/mol. The van der Waals surface area contributed by atoms with Crippen LogP contribution in [0, 0.1) is 0 Å². The van der Waals surface area contributed by atoms with E-state index in [2.05, 4.69) is 30.2 Å². The van der Waals surface area contributed by atoms with Crippen LogP contribution in [0.25, 0.3) is 27.9 Å². The van der Waals surface area contributed by atoms with E-state index in [4.69, 9.17) is 0 Å². The number of nitrogens with one attached hydrogen (secondary N) is 2. The van der Waals surface area contributed by atoms with Crippen LogP contribution >= 0.6 is 0 Å². The molecule has 0 aliphatic carbocycles. The fraction of sp³-hybridized carbons (Fsp3) is 0. The lowest BCUT2D eigenvalue weighted by Gasteiger charge is -2.08. The van der Waals surface area contributed by atoms with Gasteiger partial charge in [-0.1, -0.05) is 18.2 Å². The normalized spacial score (nSPS) is 11.1. The summed E-state index contributed by atoms with van der Waals surface area (Å²) in [4.78, 5) is 32.3. The van der Waals surface area contributed by atoms with Crippen LogP contribution in [-0.2, 0) is 0 Å². The number of imidazole rings is 1. The molecular formula is C19H13N7O. The minimum absolute atomic E-state index is 0.244. The number of aromatic nitrogens is 6. The molecule has 0 radical (unpaired) electrons. The maximum atomic E-state index is 12.4. The van der Waals surface area contributed by atoms with Crippen molar-refractivity contribution in [3.63, 3.8) is 0 Å². The lowest BCUT2D eigenvalue weighted by atomic mass is 10.2. The molecule has 0 unspecified atom stereocenters. The number of para-hydroxylation sites is 2. The molecule has 3 aromatic heterocycles. The quantitative estimate of drug-likeness (QED) is 0.516. The van der Waals surface area contributed by atoms with Gasteiger partial charge in [0.25, 0.3) is 0 Å². The predicted molar refractivity (Wildman–Crippen MR) is 102 cm³/mol. The standard InChI is InChI=1S/C19H13N7O/c27-19-24-15-6-1-2-9-16(15)26(19)18-22-11-21-17(25-18)23-14-8-3-7-13-12(14)5-4-10-20-13/h1-11H,(H,24,27)(H,21,22,23,25). The zero-order valence-corrected chi connectivity index (χ0v) is 14.0. The largest absolute Gasteiger partial charge is 0.333 e. The summed E-state index contributed by atoms with van der Waals surface area (Å²) in [5.74, 6) is 0.585. The summed E-state index contributed by atoms with van der Waals surface area (Å²) in [7, 11) is 0. The van der Waals surface area contributed by atoms with Gasteiger partial charge in [0.2, 0.25) is 11.9 Å². The van der Waals surface area contributed by atoms with Crippen molar-refractivity contribution in [1.29, 1.82) is 0 Å². The zero-order valence-electron chi connectivity index (χ0n) is 14.0. The molecule has 130 valence electrons. The molecule has 0 fully saturated rings. The van der Waals surface area contributed by atoms with E-state index in [0.717, 1.165) is 22.1 Å². The Bertz CT molecular complexity index is 1330. The SMILES string of the molecule is O=c1[nH]c2ccccc2n1-c1ncnc(Nc2cccc3ncccc23)n1. The van der Waals surface area contributed by atoms with Gasteiger partial charge < -0.3 is 10.3 Å². The minimum Gasteiger partial charge on any atom is -0.323 e. The highest BCUT2D eigenvalue weighted by Crippen LogP contribution is 2.23. The highest BCUT2D eigenvalue weighted by atomic mass is 16.1. The Balaban J connectivity index is 1.60. The van der Waals surface area contributed by atoms with Crippen LogP contribution in [0.4, 0.5) is 11.6 Å². The third-order valence-corrected chi connectivity index (χ3v) is 4.24. The molecule has 0 amide bonds.